The zero-order valence-electron chi connectivity index (χ0n) is 8.82. The van der Waals surface area contributed by atoms with E-state index in [1.165, 1.54) is 4.90 Å². The Morgan fingerprint density at radius 2 is 1.82 bits per heavy atom. The molecular formula is C10H9Cl2N3O2. The maximum absolute atomic E-state index is 11.3. The maximum atomic E-state index is 11.3. The lowest BCUT2D eigenvalue weighted by atomic mass is 10.3. The fourth-order valence-electron chi connectivity index (χ4n) is 1.61. The predicted octanol–water partition coefficient (Wildman–Crippen LogP) is 1.47. The molecule has 1 aliphatic rings. The fourth-order valence-corrected chi connectivity index (χ4v) is 1.87. The van der Waals surface area contributed by atoms with Crippen LogP contribution in [0.5, 0.6) is 0 Å². The van der Waals surface area contributed by atoms with E-state index in [-0.39, 0.29) is 17.0 Å². The molecule has 2 rings (SSSR count). The summed E-state index contributed by atoms with van der Waals surface area (Å²) in [7, 11) is 0. The van der Waals surface area contributed by atoms with Crippen LogP contribution in [0.4, 0.5) is 0 Å². The van der Waals surface area contributed by atoms with Crippen LogP contribution in [0.2, 0.25) is 10.2 Å². The average Bonchev–Trinajstić information content (AvgIpc) is 2.61. The van der Waals surface area contributed by atoms with E-state index in [0.29, 0.717) is 36.5 Å². The third-order valence-corrected chi connectivity index (χ3v) is 3.17. The molecule has 1 fully saturated rings. The van der Waals surface area contributed by atoms with E-state index in [2.05, 4.69) is 10.2 Å². The second-order valence-corrected chi connectivity index (χ2v) is 4.43. The Bertz CT molecular complexity index is 463. The van der Waals surface area contributed by atoms with Crippen LogP contribution in [0.25, 0.3) is 0 Å². The highest BCUT2D eigenvalue weighted by Gasteiger charge is 2.28. The van der Waals surface area contributed by atoms with Crippen molar-refractivity contribution in [2.45, 2.75) is 19.3 Å². The van der Waals surface area contributed by atoms with Gasteiger partial charge in [-0.2, -0.15) is 5.10 Å². The molecule has 7 heteroatoms. The summed E-state index contributed by atoms with van der Waals surface area (Å²) in [5, 5.41) is 7.95. The molecule has 0 atom stereocenters. The Morgan fingerprint density at radius 1 is 1.18 bits per heavy atom. The van der Waals surface area contributed by atoms with Crippen molar-refractivity contribution in [3.8, 4) is 0 Å². The highest BCUT2D eigenvalue weighted by Crippen LogP contribution is 2.19. The highest BCUT2D eigenvalue weighted by atomic mass is 35.5. The lowest BCUT2D eigenvalue weighted by Gasteiger charge is -2.12. The summed E-state index contributed by atoms with van der Waals surface area (Å²) in [6.45, 7) is 0.310. The molecule has 90 valence electrons. The summed E-state index contributed by atoms with van der Waals surface area (Å²) in [6, 6.07) is 1.59. The number of imide groups is 1. The third-order valence-electron chi connectivity index (χ3n) is 2.50. The Balaban J connectivity index is 2.00. The first-order valence-corrected chi connectivity index (χ1v) is 5.84. The van der Waals surface area contributed by atoms with Gasteiger partial charge in [0.15, 0.2) is 5.15 Å². The molecule has 1 aliphatic heterocycles. The van der Waals surface area contributed by atoms with Gasteiger partial charge in [0.05, 0.1) is 10.7 Å². The molecule has 0 unspecified atom stereocenters. The van der Waals surface area contributed by atoms with Crippen molar-refractivity contribution in [2.24, 2.45) is 0 Å². The minimum atomic E-state index is -0.136. The van der Waals surface area contributed by atoms with Crippen LogP contribution in [0.1, 0.15) is 18.5 Å². The van der Waals surface area contributed by atoms with Crippen molar-refractivity contribution in [3.63, 3.8) is 0 Å². The van der Waals surface area contributed by atoms with Crippen LogP contribution in [0, 0.1) is 0 Å². The monoisotopic (exact) mass is 273 g/mol. The molecule has 0 aromatic carbocycles. The lowest BCUT2D eigenvalue weighted by molar-refractivity contribution is -0.138. The number of nitrogens with zero attached hydrogens (tertiary/aromatic N) is 3. The zero-order chi connectivity index (χ0) is 12.4. The number of aromatic nitrogens is 2. The van der Waals surface area contributed by atoms with Gasteiger partial charge in [0.2, 0.25) is 11.8 Å². The van der Waals surface area contributed by atoms with Crippen molar-refractivity contribution >= 4 is 35.0 Å². The average molecular weight is 274 g/mol. The third kappa shape index (κ3) is 2.73. The largest absolute Gasteiger partial charge is 0.282 e. The lowest BCUT2D eigenvalue weighted by Crippen LogP contribution is -2.31. The number of rotatable bonds is 3. The molecule has 2 heterocycles. The van der Waals surface area contributed by atoms with E-state index in [9.17, 15) is 9.59 Å². The molecule has 0 bridgehead atoms. The van der Waals surface area contributed by atoms with E-state index in [1.807, 2.05) is 0 Å². The summed E-state index contributed by atoms with van der Waals surface area (Å²) in [4.78, 5) is 23.9. The second-order valence-electron chi connectivity index (χ2n) is 3.66. The van der Waals surface area contributed by atoms with Gasteiger partial charge in [-0.05, 0) is 6.07 Å². The van der Waals surface area contributed by atoms with E-state index >= 15 is 0 Å². The first-order valence-electron chi connectivity index (χ1n) is 5.08. The number of amides is 2. The van der Waals surface area contributed by atoms with Gasteiger partial charge in [0.1, 0.15) is 0 Å². The predicted molar refractivity (Wildman–Crippen MR) is 61.7 cm³/mol. The Hall–Kier alpha value is -1.20. The molecule has 0 spiro atoms. The van der Waals surface area contributed by atoms with Crippen LogP contribution in [-0.2, 0) is 16.0 Å². The summed E-state index contributed by atoms with van der Waals surface area (Å²) in [5.41, 5.74) is 0.604. The van der Waals surface area contributed by atoms with Crippen LogP contribution in [0.15, 0.2) is 6.07 Å². The van der Waals surface area contributed by atoms with Gasteiger partial charge in [-0.25, -0.2) is 0 Å². The summed E-state index contributed by atoms with van der Waals surface area (Å²) >= 11 is 11.4. The number of carbonyl (C=O) groups is 2. The van der Waals surface area contributed by atoms with Crippen molar-refractivity contribution in [1.29, 1.82) is 0 Å². The van der Waals surface area contributed by atoms with E-state index in [4.69, 9.17) is 23.2 Å². The van der Waals surface area contributed by atoms with E-state index in [1.54, 1.807) is 6.07 Å². The smallest absolute Gasteiger partial charge is 0.229 e. The summed E-state index contributed by atoms with van der Waals surface area (Å²) in [6.07, 6.45) is 1.03. The van der Waals surface area contributed by atoms with Gasteiger partial charge < -0.3 is 0 Å². The fraction of sp³-hybridized carbons (Fsp3) is 0.400. The minimum absolute atomic E-state index is 0.136. The molecule has 0 N–H and O–H groups in total. The zero-order valence-corrected chi connectivity index (χ0v) is 10.3. The molecule has 1 aromatic rings. The Morgan fingerprint density at radius 3 is 2.41 bits per heavy atom. The van der Waals surface area contributed by atoms with Crippen LogP contribution >= 0.6 is 23.2 Å². The molecule has 5 nitrogen and oxygen atoms in total. The molecule has 0 aliphatic carbocycles. The molecule has 17 heavy (non-hydrogen) atoms. The van der Waals surface area contributed by atoms with Gasteiger partial charge in [-0.15, -0.1) is 5.10 Å². The van der Waals surface area contributed by atoms with Gasteiger partial charge in [-0.1, -0.05) is 23.2 Å². The first kappa shape index (κ1) is 12.3. The quantitative estimate of drug-likeness (QED) is 0.783. The first-order chi connectivity index (χ1) is 8.08. The Labute approximate surface area is 108 Å². The van der Waals surface area contributed by atoms with Crippen molar-refractivity contribution < 1.29 is 9.59 Å². The minimum Gasteiger partial charge on any atom is -0.282 e. The molecule has 0 saturated carbocycles. The second kappa shape index (κ2) is 4.98. The van der Waals surface area contributed by atoms with Crippen LogP contribution in [0.3, 0.4) is 0 Å². The summed E-state index contributed by atoms with van der Waals surface area (Å²) in [5.74, 6) is -0.272. The van der Waals surface area contributed by atoms with Crippen LogP contribution in [-0.4, -0.2) is 33.5 Å². The number of likely N-dealkylation sites (tertiary alicyclic amines) is 1. The van der Waals surface area contributed by atoms with E-state index in [0.717, 1.165) is 0 Å². The van der Waals surface area contributed by atoms with Crippen LogP contribution < -0.4 is 0 Å². The van der Waals surface area contributed by atoms with Crippen molar-refractivity contribution in [1.82, 2.24) is 15.1 Å². The Kier molecular flexibility index (Phi) is 3.59. The number of carbonyl (C=O) groups excluding carboxylic acids is 2. The standard InChI is InChI=1S/C10H9Cl2N3O2/c11-7-5-6(13-14-10(7)12)3-4-15-8(16)1-2-9(15)17/h5H,1-4H2. The number of hydrogen-bond acceptors (Lipinski definition) is 4. The molecule has 1 aromatic heterocycles. The van der Waals surface area contributed by atoms with Gasteiger partial charge in [0.25, 0.3) is 0 Å². The summed E-state index contributed by atoms with van der Waals surface area (Å²) < 4.78 is 0. The molecular weight excluding hydrogens is 265 g/mol. The van der Waals surface area contributed by atoms with Gasteiger partial charge in [0, 0.05) is 25.8 Å². The van der Waals surface area contributed by atoms with Gasteiger partial charge >= 0.3 is 0 Å². The van der Waals surface area contributed by atoms with E-state index < -0.39 is 0 Å². The highest BCUT2D eigenvalue weighted by molar-refractivity contribution is 6.41. The molecule has 2 amide bonds. The van der Waals surface area contributed by atoms with Crippen molar-refractivity contribution in [2.75, 3.05) is 6.54 Å². The number of hydrogen-bond donors (Lipinski definition) is 0. The van der Waals surface area contributed by atoms with Crippen molar-refractivity contribution in [3.05, 3.63) is 21.9 Å². The topological polar surface area (TPSA) is 63.2 Å². The normalized spacial score (nSPS) is 15.8. The number of halogens is 2. The molecule has 0 radical (unpaired) electrons. The molecule has 1 saturated heterocycles. The maximum Gasteiger partial charge on any atom is 0.229 e. The SMILES string of the molecule is O=C1CCC(=O)N1CCc1cc(Cl)c(Cl)nn1. The van der Waals surface area contributed by atoms with Gasteiger partial charge in [-0.3, -0.25) is 14.5 Å².